The summed E-state index contributed by atoms with van der Waals surface area (Å²) in [6.07, 6.45) is 2.70. The van der Waals surface area contributed by atoms with Gasteiger partial charge in [0.05, 0.1) is 10.9 Å². The van der Waals surface area contributed by atoms with Crippen molar-refractivity contribution in [2.45, 2.75) is 46.1 Å². The summed E-state index contributed by atoms with van der Waals surface area (Å²) in [6, 6.07) is 8.36. The van der Waals surface area contributed by atoms with Gasteiger partial charge in [-0.15, -0.1) is 0 Å². The normalized spacial score (nSPS) is 23.2. The highest BCUT2D eigenvalue weighted by molar-refractivity contribution is 6.00. The van der Waals surface area contributed by atoms with Crippen LogP contribution in [0.3, 0.4) is 0 Å². The van der Waals surface area contributed by atoms with Crippen LogP contribution in [-0.2, 0) is 11.8 Å². The van der Waals surface area contributed by atoms with Crippen molar-refractivity contribution in [1.29, 1.82) is 0 Å². The van der Waals surface area contributed by atoms with Crippen molar-refractivity contribution in [3.8, 4) is 0 Å². The van der Waals surface area contributed by atoms with E-state index in [-0.39, 0.29) is 23.3 Å². The van der Waals surface area contributed by atoms with E-state index in [9.17, 15) is 9.59 Å². The zero-order chi connectivity index (χ0) is 19.3. The van der Waals surface area contributed by atoms with Crippen molar-refractivity contribution in [3.63, 3.8) is 0 Å². The summed E-state index contributed by atoms with van der Waals surface area (Å²) in [5, 5.41) is 1.09. The van der Waals surface area contributed by atoms with Gasteiger partial charge in [0.2, 0.25) is 5.91 Å². The first kappa shape index (κ1) is 18.1. The highest BCUT2D eigenvalue weighted by Crippen LogP contribution is 2.41. The summed E-state index contributed by atoms with van der Waals surface area (Å²) in [6.45, 7) is 8.28. The minimum absolute atomic E-state index is 0.0412. The molecule has 0 saturated carbocycles. The fraction of sp³-hybridized carbons (Fsp3) is 0.545. The number of para-hydroxylation sites is 1. The van der Waals surface area contributed by atoms with Crippen LogP contribution in [0.4, 0.5) is 0 Å². The lowest BCUT2D eigenvalue weighted by molar-refractivity contribution is -0.147. The molecule has 2 aliphatic heterocycles. The van der Waals surface area contributed by atoms with E-state index in [1.165, 1.54) is 5.56 Å². The number of hydrogen-bond donors (Lipinski definition) is 0. The molecular weight excluding hydrogens is 338 g/mol. The fourth-order valence-electron chi connectivity index (χ4n) is 5.01. The van der Waals surface area contributed by atoms with Crippen LogP contribution in [0.5, 0.6) is 0 Å². The topological polar surface area (TPSA) is 45.6 Å². The molecule has 5 nitrogen and oxygen atoms in total. The highest BCUT2D eigenvalue weighted by Gasteiger charge is 2.50. The van der Waals surface area contributed by atoms with Crippen LogP contribution in [-0.4, -0.2) is 51.9 Å². The molecule has 0 aliphatic carbocycles. The SMILES string of the molecule is Cc1cccc2cc(C(=O)N3CC[C@]4(CCCN(C(C)C)C4=O)C3)n(C)c12. The molecule has 0 radical (unpaired) electrons. The van der Waals surface area contributed by atoms with Gasteiger partial charge in [-0.25, -0.2) is 0 Å². The summed E-state index contributed by atoms with van der Waals surface area (Å²) < 4.78 is 2.00. The Hall–Kier alpha value is -2.30. The molecule has 2 fully saturated rings. The van der Waals surface area contributed by atoms with Gasteiger partial charge in [-0.2, -0.15) is 0 Å². The number of aromatic nitrogens is 1. The Labute approximate surface area is 160 Å². The van der Waals surface area contributed by atoms with Gasteiger partial charge in [-0.1, -0.05) is 18.2 Å². The third-order valence-electron chi connectivity index (χ3n) is 6.51. The molecule has 144 valence electrons. The van der Waals surface area contributed by atoms with E-state index in [4.69, 9.17) is 0 Å². The van der Waals surface area contributed by atoms with Crippen LogP contribution >= 0.6 is 0 Å². The molecule has 0 N–H and O–H groups in total. The maximum atomic E-state index is 13.3. The number of piperidine rings is 1. The molecule has 4 rings (SSSR count). The van der Waals surface area contributed by atoms with Crippen molar-refractivity contribution in [1.82, 2.24) is 14.4 Å². The average molecular weight is 367 g/mol. The molecule has 5 heteroatoms. The molecule has 1 aromatic carbocycles. The van der Waals surface area contributed by atoms with Gasteiger partial charge >= 0.3 is 0 Å². The lowest BCUT2D eigenvalue weighted by Gasteiger charge is -2.41. The average Bonchev–Trinajstić information content (AvgIpc) is 3.20. The first-order valence-corrected chi connectivity index (χ1v) is 9.99. The third-order valence-corrected chi connectivity index (χ3v) is 6.51. The molecule has 1 spiro atoms. The minimum atomic E-state index is -0.376. The largest absolute Gasteiger partial charge is 0.340 e. The van der Waals surface area contributed by atoms with Gasteiger partial charge in [0, 0.05) is 38.1 Å². The molecule has 2 saturated heterocycles. The maximum absolute atomic E-state index is 13.3. The predicted octanol–water partition coefficient (Wildman–Crippen LogP) is 3.35. The lowest BCUT2D eigenvalue weighted by atomic mass is 9.78. The highest BCUT2D eigenvalue weighted by atomic mass is 16.2. The van der Waals surface area contributed by atoms with Crippen LogP contribution in [0.2, 0.25) is 0 Å². The lowest BCUT2D eigenvalue weighted by Crippen LogP contribution is -2.52. The zero-order valence-electron chi connectivity index (χ0n) is 16.8. The van der Waals surface area contributed by atoms with Gasteiger partial charge in [-0.3, -0.25) is 9.59 Å². The number of benzene rings is 1. The van der Waals surface area contributed by atoms with Gasteiger partial charge < -0.3 is 14.4 Å². The van der Waals surface area contributed by atoms with E-state index in [0.717, 1.165) is 36.7 Å². The van der Waals surface area contributed by atoms with Crippen molar-refractivity contribution in [3.05, 3.63) is 35.5 Å². The van der Waals surface area contributed by atoms with E-state index in [0.29, 0.717) is 18.8 Å². The summed E-state index contributed by atoms with van der Waals surface area (Å²) in [7, 11) is 1.96. The van der Waals surface area contributed by atoms with Crippen molar-refractivity contribution < 1.29 is 9.59 Å². The molecule has 27 heavy (non-hydrogen) atoms. The smallest absolute Gasteiger partial charge is 0.270 e. The van der Waals surface area contributed by atoms with Crippen LogP contribution in [0.25, 0.3) is 10.9 Å². The standard InChI is InChI=1S/C22H29N3O2/c1-15(2)25-11-6-9-22(21(25)27)10-12-24(14-22)20(26)18-13-17-8-5-7-16(3)19(17)23(18)4/h5,7-8,13,15H,6,9-12,14H2,1-4H3/t22-/m1/s1. The number of nitrogens with zero attached hydrogens (tertiary/aromatic N) is 3. The van der Waals surface area contributed by atoms with E-state index in [2.05, 4.69) is 32.9 Å². The Balaban J connectivity index is 1.61. The second-order valence-corrected chi connectivity index (χ2v) is 8.55. The minimum Gasteiger partial charge on any atom is -0.340 e. The fourth-order valence-corrected chi connectivity index (χ4v) is 5.01. The molecular formula is C22H29N3O2. The Bertz CT molecular complexity index is 914. The van der Waals surface area contributed by atoms with E-state index >= 15 is 0 Å². The second-order valence-electron chi connectivity index (χ2n) is 8.55. The number of rotatable bonds is 2. The van der Waals surface area contributed by atoms with Crippen molar-refractivity contribution >= 4 is 22.7 Å². The van der Waals surface area contributed by atoms with E-state index in [1.807, 2.05) is 33.5 Å². The Morgan fingerprint density at radius 1 is 1.19 bits per heavy atom. The summed E-state index contributed by atoms with van der Waals surface area (Å²) in [4.78, 5) is 30.3. The summed E-state index contributed by atoms with van der Waals surface area (Å²) >= 11 is 0. The molecule has 1 atom stereocenters. The maximum Gasteiger partial charge on any atom is 0.270 e. The molecule has 2 amide bonds. The molecule has 0 bridgehead atoms. The van der Waals surface area contributed by atoms with Gasteiger partial charge in [0.25, 0.3) is 5.91 Å². The molecule has 0 unspecified atom stereocenters. The van der Waals surface area contributed by atoms with Gasteiger partial charge in [0.1, 0.15) is 5.69 Å². The van der Waals surface area contributed by atoms with Crippen LogP contribution < -0.4 is 0 Å². The number of amides is 2. The first-order chi connectivity index (χ1) is 12.8. The predicted molar refractivity (Wildman–Crippen MR) is 107 cm³/mol. The zero-order valence-corrected chi connectivity index (χ0v) is 16.8. The molecule has 2 aliphatic rings. The van der Waals surface area contributed by atoms with Crippen LogP contribution in [0.15, 0.2) is 24.3 Å². The molecule has 3 heterocycles. The monoisotopic (exact) mass is 367 g/mol. The quantitative estimate of drug-likeness (QED) is 0.817. The van der Waals surface area contributed by atoms with Crippen molar-refractivity contribution in [2.75, 3.05) is 19.6 Å². The second kappa shape index (κ2) is 6.39. The Kier molecular flexibility index (Phi) is 4.28. The number of carbonyl (C=O) groups is 2. The third kappa shape index (κ3) is 2.75. The first-order valence-electron chi connectivity index (χ1n) is 9.99. The van der Waals surface area contributed by atoms with Crippen LogP contribution in [0, 0.1) is 12.3 Å². The summed E-state index contributed by atoms with van der Waals surface area (Å²) in [5.41, 5.74) is 2.61. The van der Waals surface area contributed by atoms with Crippen LogP contribution in [0.1, 0.15) is 49.2 Å². The van der Waals surface area contributed by atoms with E-state index in [1.54, 1.807) is 0 Å². The molecule has 2 aromatic rings. The molecule has 1 aromatic heterocycles. The van der Waals surface area contributed by atoms with Crippen molar-refractivity contribution in [2.24, 2.45) is 12.5 Å². The number of hydrogen-bond acceptors (Lipinski definition) is 2. The Morgan fingerprint density at radius 3 is 2.67 bits per heavy atom. The van der Waals surface area contributed by atoms with Gasteiger partial charge in [-0.05, 0) is 51.7 Å². The summed E-state index contributed by atoms with van der Waals surface area (Å²) in [5.74, 6) is 0.284. The van der Waals surface area contributed by atoms with Gasteiger partial charge in [0.15, 0.2) is 0 Å². The number of likely N-dealkylation sites (tertiary alicyclic amines) is 2. The number of aryl methyl sites for hydroxylation is 2. The number of carbonyl (C=O) groups excluding carboxylic acids is 2. The van der Waals surface area contributed by atoms with E-state index < -0.39 is 0 Å². The number of fused-ring (bicyclic) bond motifs is 1. The Morgan fingerprint density at radius 2 is 1.96 bits per heavy atom.